The van der Waals surface area contributed by atoms with E-state index >= 15 is 0 Å². The number of carbonyl (C=O) groups excluding carboxylic acids is 2. The van der Waals surface area contributed by atoms with Gasteiger partial charge < -0.3 is 19.7 Å². The fourth-order valence-corrected chi connectivity index (χ4v) is 3.49. The van der Waals surface area contributed by atoms with Crippen LogP contribution in [0.4, 0.5) is 0 Å². The lowest BCUT2D eigenvalue weighted by Crippen LogP contribution is -2.49. The van der Waals surface area contributed by atoms with Gasteiger partial charge in [0.1, 0.15) is 6.04 Å². The minimum absolute atomic E-state index is 0.0620. The van der Waals surface area contributed by atoms with E-state index in [1.165, 1.54) is 0 Å². The Morgan fingerprint density at radius 3 is 2.34 bits per heavy atom. The second-order valence-corrected chi connectivity index (χ2v) is 8.19. The van der Waals surface area contributed by atoms with Crippen molar-refractivity contribution in [2.45, 2.75) is 65.6 Å². The number of nitrogens with one attached hydrogen (secondary N) is 1. The number of nitrogens with zero attached hydrogens (tertiary/aromatic N) is 1. The predicted octanol–water partition coefficient (Wildman–Crippen LogP) is 4.28. The zero-order valence-electron chi connectivity index (χ0n) is 20.1. The van der Waals surface area contributed by atoms with Gasteiger partial charge in [0.2, 0.25) is 11.8 Å². The number of carbonyl (C=O) groups is 2. The first-order valence-corrected chi connectivity index (χ1v) is 11.1. The topological polar surface area (TPSA) is 67.9 Å². The van der Waals surface area contributed by atoms with Gasteiger partial charge in [-0.25, -0.2) is 0 Å². The molecule has 0 radical (unpaired) electrons. The minimum atomic E-state index is -0.567. The summed E-state index contributed by atoms with van der Waals surface area (Å²) in [6.07, 6.45) is 1.68. The molecule has 0 spiro atoms. The summed E-state index contributed by atoms with van der Waals surface area (Å²) in [6.45, 7) is 8.19. The molecule has 2 atom stereocenters. The zero-order chi connectivity index (χ0) is 23.7. The van der Waals surface area contributed by atoms with Gasteiger partial charge in [0.05, 0.1) is 14.2 Å². The predicted molar refractivity (Wildman–Crippen MR) is 127 cm³/mol. The number of ether oxygens (including phenoxy) is 2. The number of hydrogen-bond acceptors (Lipinski definition) is 4. The molecule has 0 heterocycles. The van der Waals surface area contributed by atoms with E-state index in [1.807, 2.05) is 63.2 Å². The van der Waals surface area contributed by atoms with Gasteiger partial charge in [0.25, 0.3) is 0 Å². The Kier molecular flexibility index (Phi) is 9.57. The van der Waals surface area contributed by atoms with Gasteiger partial charge in [-0.05, 0) is 56.9 Å². The average Bonchev–Trinajstić information content (AvgIpc) is 2.80. The molecule has 6 nitrogen and oxygen atoms in total. The van der Waals surface area contributed by atoms with E-state index in [0.29, 0.717) is 30.9 Å². The van der Waals surface area contributed by atoms with E-state index in [2.05, 4.69) is 5.32 Å². The summed E-state index contributed by atoms with van der Waals surface area (Å²) >= 11 is 0. The Bertz CT molecular complexity index is 912. The van der Waals surface area contributed by atoms with Crippen molar-refractivity contribution >= 4 is 11.8 Å². The Hall–Kier alpha value is -3.02. The van der Waals surface area contributed by atoms with Gasteiger partial charge in [0, 0.05) is 19.0 Å². The summed E-state index contributed by atoms with van der Waals surface area (Å²) in [5.41, 5.74) is 3.10. The zero-order valence-corrected chi connectivity index (χ0v) is 20.1. The highest BCUT2D eigenvalue weighted by molar-refractivity contribution is 5.87. The first kappa shape index (κ1) is 25.2. The van der Waals surface area contributed by atoms with Crippen LogP contribution in [0.3, 0.4) is 0 Å². The monoisotopic (exact) mass is 440 g/mol. The van der Waals surface area contributed by atoms with Gasteiger partial charge in [-0.2, -0.15) is 0 Å². The number of aryl methyl sites for hydroxylation is 2. The first-order chi connectivity index (χ1) is 15.3. The summed E-state index contributed by atoms with van der Waals surface area (Å²) in [6, 6.07) is 13.2. The van der Waals surface area contributed by atoms with Crippen LogP contribution in [0.1, 0.15) is 50.3 Å². The number of rotatable bonds is 11. The number of amides is 2. The highest BCUT2D eigenvalue weighted by Gasteiger charge is 2.26. The Balaban J connectivity index is 2.18. The number of benzene rings is 2. The third-order valence-electron chi connectivity index (χ3n) is 5.68. The van der Waals surface area contributed by atoms with Gasteiger partial charge >= 0.3 is 0 Å². The molecule has 6 heteroatoms. The molecule has 2 aromatic carbocycles. The minimum Gasteiger partial charge on any atom is -0.493 e. The Morgan fingerprint density at radius 2 is 1.72 bits per heavy atom. The fraction of sp³-hybridized carbons (Fsp3) is 0.462. The molecule has 0 aliphatic heterocycles. The molecule has 2 rings (SSSR count). The van der Waals surface area contributed by atoms with Gasteiger partial charge in [-0.1, -0.05) is 42.8 Å². The average molecular weight is 441 g/mol. The molecular weight excluding hydrogens is 404 g/mol. The van der Waals surface area contributed by atoms with Crippen molar-refractivity contribution in [3.05, 3.63) is 59.2 Å². The van der Waals surface area contributed by atoms with Crippen molar-refractivity contribution in [1.29, 1.82) is 0 Å². The molecule has 2 unspecified atom stereocenters. The SMILES string of the molecule is CCC(C)NC(=O)C(C)N(Cc1cccc(C)c1)C(=O)CCc1ccc(OC)c(OC)c1. The lowest BCUT2D eigenvalue weighted by molar-refractivity contribution is -0.140. The van der Waals surface area contributed by atoms with Crippen LogP contribution in [0.25, 0.3) is 0 Å². The number of hydrogen-bond donors (Lipinski definition) is 1. The molecule has 0 aliphatic carbocycles. The van der Waals surface area contributed by atoms with Crippen LogP contribution in [0.15, 0.2) is 42.5 Å². The molecule has 0 saturated heterocycles. The van der Waals surface area contributed by atoms with Crippen molar-refractivity contribution in [3.63, 3.8) is 0 Å². The molecule has 174 valence electrons. The molecule has 2 amide bonds. The molecule has 0 saturated carbocycles. The Morgan fingerprint density at radius 1 is 1.00 bits per heavy atom. The van der Waals surface area contributed by atoms with Crippen LogP contribution in [0.5, 0.6) is 11.5 Å². The van der Waals surface area contributed by atoms with E-state index in [0.717, 1.165) is 23.1 Å². The van der Waals surface area contributed by atoms with E-state index in [1.54, 1.807) is 26.0 Å². The van der Waals surface area contributed by atoms with Crippen molar-refractivity contribution in [3.8, 4) is 11.5 Å². The van der Waals surface area contributed by atoms with Crippen LogP contribution in [0, 0.1) is 6.92 Å². The van der Waals surface area contributed by atoms with E-state index < -0.39 is 6.04 Å². The van der Waals surface area contributed by atoms with Crippen LogP contribution in [-0.4, -0.2) is 43.0 Å². The molecule has 2 aromatic rings. The van der Waals surface area contributed by atoms with Crippen LogP contribution in [-0.2, 0) is 22.6 Å². The van der Waals surface area contributed by atoms with E-state index in [9.17, 15) is 9.59 Å². The van der Waals surface area contributed by atoms with Gasteiger partial charge in [-0.3, -0.25) is 9.59 Å². The van der Waals surface area contributed by atoms with Crippen molar-refractivity contribution in [2.75, 3.05) is 14.2 Å². The molecule has 1 N–H and O–H groups in total. The summed E-state index contributed by atoms with van der Waals surface area (Å²) in [5.74, 6) is 1.09. The maximum absolute atomic E-state index is 13.3. The third-order valence-corrected chi connectivity index (χ3v) is 5.68. The Labute approximate surface area is 191 Å². The maximum Gasteiger partial charge on any atom is 0.242 e. The first-order valence-electron chi connectivity index (χ1n) is 11.1. The fourth-order valence-electron chi connectivity index (χ4n) is 3.49. The second-order valence-electron chi connectivity index (χ2n) is 8.19. The van der Waals surface area contributed by atoms with Crippen molar-refractivity contribution in [1.82, 2.24) is 10.2 Å². The quantitative estimate of drug-likeness (QED) is 0.566. The standard InChI is InChI=1S/C26H36N2O4/c1-7-19(3)27-26(30)20(4)28(17-22-10-8-9-18(2)15-22)25(29)14-12-21-11-13-23(31-5)24(16-21)32-6/h8-11,13,15-16,19-20H,7,12,14,17H2,1-6H3,(H,27,30). The lowest BCUT2D eigenvalue weighted by atomic mass is 10.1. The largest absolute Gasteiger partial charge is 0.493 e. The van der Waals surface area contributed by atoms with Crippen LogP contribution in [0.2, 0.25) is 0 Å². The molecule has 32 heavy (non-hydrogen) atoms. The summed E-state index contributed by atoms with van der Waals surface area (Å²) < 4.78 is 10.7. The van der Waals surface area contributed by atoms with E-state index in [4.69, 9.17) is 9.47 Å². The van der Waals surface area contributed by atoms with Gasteiger partial charge in [-0.15, -0.1) is 0 Å². The van der Waals surface area contributed by atoms with Crippen LogP contribution >= 0.6 is 0 Å². The molecular formula is C26H36N2O4. The summed E-state index contributed by atoms with van der Waals surface area (Å²) in [4.78, 5) is 27.8. The maximum atomic E-state index is 13.3. The van der Waals surface area contributed by atoms with Crippen molar-refractivity contribution < 1.29 is 19.1 Å². The van der Waals surface area contributed by atoms with Gasteiger partial charge in [0.15, 0.2) is 11.5 Å². The molecule has 0 aromatic heterocycles. The normalized spacial score (nSPS) is 12.6. The molecule has 0 aliphatic rings. The summed E-state index contributed by atoms with van der Waals surface area (Å²) in [5, 5.41) is 3.00. The molecule has 0 bridgehead atoms. The second kappa shape index (κ2) is 12.1. The highest BCUT2D eigenvalue weighted by Crippen LogP contribution is 2.28. The summed E-state index contributed by atoms with van der Waals surface area (Å²) in [7, 11) is 3.18. The molecule has 0 fully saturated rings. The van der Waals surface area contributed by atoms with Crippen molar-refractivity contribution in [2.24, 2.45) is 0 Å². The highest BCUT2D eigenvalue weighted by atomic mass is 16.5. The van der Waals surface area contributed by atoms with E-state index in [-0.39, 0.29) is 17.9 Å². The third kappa shape index (κ3) is 7.01. The van der Waals surface area contributed by atoms with Crippen LogP contribution < -0.4 is 14.8 Å². The number of methoxy groups -OCH3 is 2. The lowest BCUT2D eigenvalue weighted by Gasteiger charge is -2.30. The smallest absolute Gasteiger partial charge is 0.242 e.